The first kappa shape index (κ1) is 42.3. The number of hydrogen-bond donors (Lipinski definition) is 2. The smallest absolute Gasteiger partial charge is 0.184 e. The maximum absolute atomic E-state index is 14.8. The lowest BCUT2D eigenvalue weighted by Gasteiger charge is -2.52. The molecule has 0 spiro atoms. The molecule has 54 heavy (non-hydrogen) atoms. The Balaban J connectivity index is 1.64. The van der Waals surface area contributed by atoms with Crippen LogP contribution in [-0.2, 0) is 33.2 Å². The van der Waals surface area contributed by atoms with Gasteiger partial charge in [-0.2, -0.15) is 0 Å². The Kier molecular flexibility index (Phi) is 14.4. The number of aliphatic hydroxyl groups excluding tert-OH is 2. The van der Waals surface area contributed by atoms with Crippen molar-refractivity contribution in [3.63, 3.8) is 0 Å². The molecule has 5 rings (SSSR count). The predicted molar refractivity (Wildman–Crippen MR) is 204 cm³/mol. The fourth-order valence-electron chi connectivity index (χ4n) is 7.94. The normalized spacial score (nSPS) is 29.1. The first-order chi connectivity index (χ1) is 25.8. The van der Waals surface area contributed by atoms with Gasteiger partial charge in [0.1, 0.15) is 60.9 Å². The van der Waals surface area contributed by atoms with Gasteiger partial charge >= 0.3 is 0 Å². The maximum Gasteiger partial charge on any atom is 0.184 e. The second-order valence-corrected chi connectivity index (χ2v) is 21.9. The summed E-state index contributed by atoms with van der Waals surface area (Å²) < 4.78 is 55.3. The van der Waals surface area contributed by atoms with Crippen molar-refractivity contribution in [2.45, 2.75) is 95.1 Å². The first-order valence-electron chi connectivity index (χ1n) is 18.8. The van der Waals surface area contributed by atoms with Crippen LogP contribution in [0, 0.1) is 17.3 Å². The Morgan fingerprint density at radius 1 is 0.926 bits per heavy atom. The summed E-state index contributed by atoms with van der Waals surface area (Å²) in [5.41, 5.74) is -0.183. The van der Waals surface area contributed by atoms with Crippen LogP contribution >= 0.6 is 0 Å². The second kappa shape index (κ2) is 18.4. The molecular formula is C41H60O12Si. The van der Waals surface area contributed by atoms with Gasteiger partial charge in [-0.05, 0) is 66.8 Å². The van der Waals surface area contributed by atoms with E-state index in [0.717, 1.165) is 24.5 Å². The van der Waals surface area contributed by atoms with E-state index in [1.807, 2.05) is 36.4 Å². The number of Topliss-reactive ketones (excluding diaryl/α,β-unsaturated/α-hetero) is 1. The summed E-state index contributed by atoms with van der Waals surface area (Å²) >= 11 is 0. The van der Waals surface area contributed by atoms with Gasteiger partial charge < -0.3 is 52.8 Å². The third-order valence-electron chi connectivity index (χ3n) is 11.2. The summed E-state index contributed by atoms with van der Waals surface area (Å²) in [5, 5.41) is 22.2. The largest absolute Gasteiger partial charge is 0.497 e. The van der Waals surface area contributed by atoms with Crippen LogP contribution in [0.3, 0.4) is 0 Å². The minimum atomic E-state index is -1.56. The van der Waals surface area contributed by atoms with Crippen molar-refractivity contribution in [1.29, 1.82) is 0 Å². The maximum atomic E-state index is 14.8. The quantitative estimate of drug-likeness (QED) is 0.0853. The molecule has 1 heterocycles. The summed E-state index contributed by atoms with van der Waals surface area (Å²) in [6.45, 7) is 10.6. The Labute approximate surface area is 321 Å². The highest BCUT2D eigenvalue weighted by molar-refractivity contribution is 6.76. The van der Waals surface area contributed by atoms with Gasteiger partial charge in [0.05, 0.1) is 27.4 Å². The average molecular weight is 773 g/mol. The first-order valence-corrected chi connectivity index (χ1v) is 22.5. The molecule has 300 valence electrons. The van der Waals surface area contributed by atoms with E-state index >= 15 is 0 Å². The van der Waals surface area contributed by atoms with Crippen molar-refractivity contribution in [3.8, 4) is 17.2 Å². The molecule has 0 amide bonds. The molecule has 1 aliphatic heterocycles. The number of methoxy groups -OCH3 is 3. The van der Waals surface area contributed by atoms with Gasteiger partial charge in [-0.25, -0.2) is 0 Å². The highest BCUT2D eigenvalue weighted by Gasteiger charge is 2.59. The summed E-state index contributed by atoms with van der Waals surface area (Å²) in [6, 6.07) is 15.4. The van der Waals surface area contributed by atoms with E-state index in [1.165, 1.54) is 7.11 Å². The monoisotopic (exact) mass is 772 g/mol. The molecule has 1 saturated heterocycles. The molecule has 2 aromatic carbocycles. The van der Waals surface area contributed by atoms with E-state index < -0.39 is 62.3 Å². The highest BCUT2D eigenvalue weighted by Crippen LogP contribution is 2.53. The minimum absolute atomic E-state index is 0.0489. The van der Waals surface area contributed by atoms with Gasteiger partial charge in [0.25, 0.3) is 0 Å². The number of allylic oxidation sites excluding steroid dienone is 1. The average Bonchev–Trinajstić information content (AvgIpc) is 3.46. The Morgan fingerprint density at radius 2 is 1.57 bits per heavy atom. The summed E-state index contributed by atoms with van der Waals surface area (Å²) in [6.07, 6.45) is -1.60. The molecule has 8 atom stereocenters. The van der Waals surface area contributed by atoms with E-state index in [4.69, 9.17) is 42.6 Å². The van der Waals surface area contributed by atoms with Crippen molar-refractivity contribution in [2.75, 3.05) is 54.7 Å². The number of ketones is 1. The molecule has 2 aliphatic carbocycles. The molecule has 3 aliphatic rings. The Morgan fingerprint density at radius 3 is 2.19 bits per heavy atom. The number of benzene rings is 2. The zero-order valence-corrected chi connectivity index (χ0v) is 34.1. The molecule has 0 radical (unpaired) electrons. The van der Waals surface area contributed by atoms with Gasteiger partial charge in [0.2, 0.25) is 0 Å². The van der Waals surface area contributed by atoms with Gasteiger partial charge in [-0.1, -0.05) is 51.2 Å². The van der Waals surface area contributed by atoms with E-state index in [0.29, 0.717) is 29.4 Å². The molecule has 12 nitrogen and oxygen atoms in total. The number of carbonyl (C=O) groups is 1. The third-order valence-corrected chi connectivity index (χ3v) is 12.9. The summed E-state index contributed by atoms with van der Waals surface area (Å²) in [7, 11) is 3.29. The minimum Gasteiger partial charge on any atom is -0.497 e. The van der Waals surface area contributed by atoms with Crippen LogP contribution < -0.4 is 14.2 Å². The number of rotatable bonds is 17. The molecule has 13 heteroatoms. The van der Waals surface area contributed by atoms with E-state index in [-0.39, 0.29) is 38.3 Å². The fraction of sp³-hybridized carbons (Fsp3) is 0.634. The molecular weight excluding hydrogens is 713 g/mol. The number of ether oxygens (including phenoxy) is 9. The van der Waals surface area contributed by atoms with Crippen LogP contribution in [-0.4, -0.2) is 109 Å². The van der Waals surface area contributed by atoms with Crippen LogP contribution in [0.2, 0.25) is 25.7 Å². The second-order valence-electron chi connectivity index (χ2n) is 16.2. The van der Waals surface area contributed by atoms with Gasteiger partial charge in [0, 0.05) is 45.6 Å². The SMILES string of the molecule is COCO[C@H]1C(=O)C[C@@H]([C@]2(OCOCC[Si](C)(C)C)CO[C@H](c3ccc(OC)cc3)O[C@@H]2C(O)CO)[C@H](Oc2ccc(OC)cc2)C=C2CCC1C2(C)C. The third kappa shape index (κ3) is 9.74. The van der Waals surface area contributed by atoms with E-state index in [9.17, 15) is 15.0 Å². The van der Waals surface area contributed by atoms with Crippen LogP contribution in [0.4, 0.5) is 0 Å². The van der Waals surface area contributed by atoms with Crippen LogP contribution in [0.1, 0.15) is 45.0 Å². The van der Waals surface area contributed by atoms with Gasteiger partial charge in [-0.3, -0.25) is 4.79 Å². The number of fused-ring (bicyclic) bond motifs is 2. The van der Waals surface area contributed by atoms with Crippen molar-refractivity contribution < 1.29 is 57.6 Å². The zero-order chi connectivity index (χ0) is 39.1. The molecule has 2 aromatic rings. The van der Waals surface area contributed by atoms with Crippen molar-refractivity contribution in [3.05, 3.63) is 65.7 Å². The number of aliphatic hydroxyl groups is 2. The number of carbonyl (C=O) groups excluding carboxylic acids is 1. The van der Waals surface area contributed by atoms with Crippen molar-refractivity contribution in [1.82, 2.24) is 0 Å². The standard InChI is InChI=1S/C41H60O12Si/c1-40(2)28-11-18-32(40)37(50-25-45-3)34(43)22-33(36(21-28)52-31-16-14-30(47-5)15-17-31)41(51-26-48-19-20-54(6,7)8)24-49-39(53-38(41)35(44)23-42)27-9-12-29(46-4)13-10-27/h9-10,12-17,21,32-33,35-39,42,44H,11,18-20,22-26H2,1-8H3/t32?,33-,35?,36-,37-,38-,39+,41-/m1/s1. The molecule has 2 bridgehead atoms. The molecule has 2 unspecified atom stereocenters. The number of hydrogen-bond acceptors (Lipinski definition) is 12. The van der Waals surface area contributed by atoms with E-state index in [1.54, 1.807) is 26.4 Å². The predicted octanol–water partition coefficient (Wildman–Crippen LogP) is 5.93. The molecule has 0 aromatic heterocycles. The lowest BCUT2D eigenvalue weighted by molar-refractivity contribution is -0.350. The zero-order valence-electron chi connectivity index (χ0n) is 33.1. The lowest BCUT2D eigenvalue weighted by atomic mass is 9.73. The topological polar surface area (TPSA) is 141 Å². The van der Waals surface area contributed by atoms with Gasteiger partial charge in [-0.15, -0.1) is 0 Å². The summed E-state index contributed by atoms with van der Waals surface area (Å²) in [5.74, 6) is 0.765. The highest BCUT2D eigenvalue weighted by atomic mass is 28.3. The van der Waals surface area contributed by atoms with Crippen LogP contribution in [0.25, 0.3) is 0 Å². The Bertz CT molecular complexity index is 1520. The molecule has 1 saturated carbocycles. The van der Waals surface area contributed by atoms with Crippen molar-refractivity contribution >= 4 is 13.9 Å². The van der Waals surface area contributed by atoms with E-state index in [2.05, 4.69) is 39.6 Å². The van der Waals surface area contributed by atoms with Crippen LogP contribution in [0.15, 0.2) is 60.2 Å². The Hall–Kier alpha value is -2.85. The molecule has 2 fully saturated rings. The molecule has 2 N–H and O–H groups in total. The van der Waals surface area contributed by atoms with Gasteiger partial charge in [0.15, 0.2) is 12.1 Å². The van der Waals surface area contributed by atoms with Crippen molar-refractivity contribution in [2.24, 2.45) is 17.3 Å². The lowest BCUT2D eigenvalue weighted by Crippen LogP contribution is -2.66. The van der Waals surface area contributed by atoms with Crippen LogP contribution in [0.5, 0.6) is 17.2 Å². The summed E-state index contributed by atoms with van der Waals surface area (Å²) in [4.78, 5) is 14.8. The fourth-order valence-corrected chi connectivity index (χ4v) is 8.69.